The third-order valence-corrected chi connectivity index (χ3v) is 1.73. The van der Waals surface area contributed by atoms with Crippen molar-refractivity contribution in [2.24, 2.45) is 11.8 Å². The molecule has 0 bridgehead atoms. The van der Waals surface area contributed by atoms with E-state index < -0.39 is 0 Å². The normalized spacial score (nSPS) is 13.1. The number of allylic oxidation sites excluding steroid dienone is 3. The van der Waals surface area contributed by atoms with Crippen LogP contribution in [0.3, 0.4) is 0 Å². The fraction of sp³-hybridized carbons (Fsp3) is 0.636. The Labute approximate surface area is 72.0 Å². The quantitative estimate of drug-likeness (QED) is 0.536. The first-order valence-corrected chi connectivity index (χ1v) is 3.96. The van der Waals surface area contributed by atoms with Gasteiger partial charge < -0.3 is 0 Å². The molecule has 0 aliphatic rings. The predicted octanol–water partition coefficient (Wildman–Crippen LogP) is 4.05. The van der Waals surface area contributed by atoms with E-state index in [-0.39, 0.29) is 7.43 Å². The highest BCUT2D eigenvalue weighted by Crippen LogP contribution is 2.16. The number of rotatable bonds is 4. The Hall–Kier alpha value is -0.520. The Kier molecular flexibility index (Phi) is 9.03. The monoisotopic (exact) mass is 154 g/mol. The summed E-state index contributed by atoms with van der Waals surface area (Å²) in [6.07, 6.45) is 7.47. The van der Waals surface area contributed by atoms with Crippen molar-refractivity contribution in [3.05, 3.63) is 24.8 Å². The van der Waals surface area contributed by atoms with Crippen LogP contribution in [0.1, 0.15) is 34.6 Å². The molecule has 0 aromatic heterocycles. The van der Waals surface area contributed by atoms with E-state index in [0.717, 1.165) is 12.3 Å². The summed E-state index contributed by atoms with van der Waals surface area (Å²) in [6, 6.07) is 0. The van der Waals surface area contributed by atoms with Crippen LogP contribution in [0.15, 0.2) is 24.8 Å². The number of hydrogen-bond donors (Lipinski definition) is 0. The zero-order chi connectivity index (χ0) is 7.98. The third kappa shape index (κ3) is 5.90. The first-order valence-electron chi connectivity index (χ1n) is 3.96. The van der Waals surface area contributed by atoms with E-state index in [0.29, 0.717) is 5.92 Å². The van der Waals surface area contributed by atoms with Gasteiger partial charge in [-0.2, -0.15) is 0 Å². The van der Waals surface area contributed by atoms with Crippen molar-refractivity contribution in [1.82, 2.24) is 0 Å². The molecule has 0 aromatic rings. The molecule has 0 radical (unpaired) electrons. The second-order valence-electron chi connectivity index (χ2n) is 2.96. The Morgan fingerprint density at radius 3 is 2.18 bits per heavy atom. The fourth-order valence-corrected chi connectivity index (χ4v) is 1.01. The van der Waals surface area contributed by atoms with Gasteiger partial charge in [-0.3, -0.25) is 0 Å². The van der Waals surface area contributed by atoms with Crippen LogP contribution in [0.2, 0.25) is 0 Å². The van der Waals surface area contributed by atoms with Gasteiger partial charge in [0.05, 0.1) is 0 Å². The van der Waals surface area contributed by atoms with Gasteiger partial charge in [-0.15, -0.1) is 6.58 Å². The van der Waals surface area contributed by atoms with Gasteiger partial charge in [0.25, 0.3) is 0 Å². The highest BCUT2D eigenvalue weighted by molar-refractivity contribution is 4.90. The molecular formula is C11H22. The predicted molar refractivity (Wildman–Crippen MR) is 54.7 cm³/mol. The van der Waals surface area contributed by atoms with E-state index in [9.17, 15) is 0 Å². The van der Waals surface area contributed by atoms with Gasteiger partial charge >= 0.3 is 0 Å². The second kappa shape index (κ2) is 7.59. The van der Waals surface area contributed by atoms with Crippen LogP contribution in [-0.4, -0.2) is 0 Å². The van der Waals surface area contributed by atoms with Crippen LogP contribution in [0.5, 0.6) is 0 Å². The van der Waals surface area contributed by atoms with Crippen LogP contribution in [0.25, 0.3) is 0 Å². The van der Waals surface area contributed by atoms with E-state index in [1.165, 1.54) is 0 Å². The van der Waals surface area contributed by atoms with E-state index >= 15 is 0 Å². The van der Waals surface area contributed by atoms with Crippen molar-refractivity contribution in [3.8, 4) is 0 Å². The van der Waals surface area contributed by atoms with Crippen molar-refractivity contribution in [2.45, 2.75) is 34.6 Å². The lowest BCUT2D eigenvalue weighted by Gasteiger charge is -2.13. The molecular weight excluding hydrogens is 132 g/mol. The van der Waals surface area contributed by atoms with E-state index in [1.807, 2.05) is 6.08 Å². The maximum atomic E-state index is 3.73. The van der Waals surface area contributed by atoms with Crippen molar-refractivity contribution in [2.75, 3.05) is 0 Å². The van der Waals surface area contributed by atoms with Crippen molar-refractivity contribution >= 4 is 0 Å². The summed E-state index contributed by atoms with van der Waals surface area (Å²) in [5.41, 5.74) is 0. The van der Waals surface area contributed by atoms with Crippen molar-refractivity contribution in [3.63, 3.8) is 0 Å². The minimum Gasteiger partial charge on any atom is -0.103 e. The van der Waals surface area contributed by atoms with Gasteiger partial charge in [-0.1, -0.05) is 39.5 Å². The van der Waals surface area contributed by atoms with Crippen LogP contribution in [0.4, 0.5) is 0 Å². The van der Waals surface area contributed by atoms with E-state index in [4.69, 9.17) is 0 Å². The van der Waals surface area contributed by atoms with Gasteiger partial charge in [0.15, 0.2) is 0 Å². The Bertz CT molecular complexity index is 109. The molecule has 0 unspecified atom stereocenters. The molecule has 0 N–H and O–H groups in total. The summed E-state index contributed by atoms with van der Waals surface area (Å²) in [6.45, 7) is 10.3. The Morgan fingerprint density at radius 2 is 1.91 bits per heavy atom. The van der Waals surface area contributed by atoms with Crippen molar-refractivity contribution < 1.29 is 0 Å². The summed E-state index contributed by atoms with van der Waals surface area (Å²) in [5, 5.41) is 0. The average molecular weight is 154 g/mol. The molecule has 0 spiro atoms. The zero-order valence-electron chi connectivity index (χ0n) is 7.30. The molecule has 11 heavy (non-hydrogen) atoms. The molecule has 1 atom stereocenters. The summed E-state index contributed by atoms with van der Waals surface area (Å²) < 4.78 is 0. The summed E-state index contributed by atoms with van der Waals surface area (Å²) in [5.74, 6) is 1.41. The van der Waals surface area contributed by atoms with Crippen LogP contribution in [-0.2, 0) is 0 Å². The van der Waals surface area contributed by atoms with Crippen LogP contribution < -0.4 is 0 Å². The fourth-order valence-electron chi connectivity index (χ4n) is 1.01. The van der Waals surface area contributed by atoms with Crippen LogP contribution >= 0.6 is 0 Å². The first kappa shape index (κ1) is 13.1. The largest absolute Gasteiger partial charge is 0.103 e. The number of hydrogen-bond acceptors (Lipinski definition) is 0. The first-order chi connectivity index (χ1) is 4.72. The molecule has 0 aromatic carbocycles. The maximum absolute atomic E-state index is 3.73. The van der Waals surface area contributed by atoms with Gasteiger partial charge in [0.2, 0.25) is 0 Å². The zero-order valence-corrected chi connectivity index (χ0v) is 7.30. The summed E-state index contributed by atoms with van der Waals surface area (Å²) in [4.78, 5) is 0. The SMILES string of the molecule is C.C=CC[C@H](/C=C\C)C(C)C. The molecule has 0 saturated carbocycles. The Balaban J connectivity index is 0. The molecule has 0 aliphatic heterocycles. The van der Waals surface area contributed by atoms with Gasteiger partial charge in [0.1, 0.15) is 0 Å². The molecule has 0 heteroatoms. The molecule has 0 heterocycles. The summed E-state index contributed by atoms with van der Waals surface area (Å²) >= 11 is 0. The minimum atomic E-state index is 0. The lowest BCUT2D eigenvalue weighted by atomic mass is 9.92. The molecule has 0 aliphatic carbocycles. The molecule has 0 rings (SSSR count). The molecule has 0 fully saturated rings. The average Bonchev–Trinajstić information content (AvgIpc) is 1.87. The summed E-state index contributed by atoms with van der Waals surface area (Å²) in [7, 11) is 0. The van der Waals surface area contributed by atoms with Gasteiger partial charge in [0, 0.05) is 0 Å². The minimum absolute atomic E-state index is 0. The second-order valence-corrected chi connectivity index (χ2v) is 2.96. The molecule has 0 nitrogen and oxygen atoms in total. The highest BCUT2D eigenvalue weighted by Gasteiger charge is 2.05. The highest BCUT2D eigenvalue weighted by atomic mass is 14.1. The van der Waals surface area contributed by atoms with Crippen molar-refractivity contribution in [1.29, 1.82) is 0 Å². The topological polar surface area (TPSA) is 0 Å². The Morgan fingerprint density at radius 1 is 1.36 bits per heavy atom. The third-order valence-electron chi connectivity index (χ3n) is 1.73. The maximum Gasteiger partial charge on any atom is -0.0176 e. The lowest BCUT2D eigenvalue weighted by Crippen LogP contribution is -2.03. The van der Waals surface area contributed by atoms with Gasteiger partial charge in [-0.25, -0.2) is 0 Å². The molecule has 66 valence electrons. The molecule has 0 amide bonds. The van der Waals surface area contributed by atoms with Crippen LogP contribution in [0, 0.1) is 11.8 Å². The van der Waals surface area contributed by atoms with E-state index in [2.05, 4.69) is 39.5 Å². The lowest BCUT2D eigenvalue weighted by molar-refractivity contribution is 0.470. The standard InChI is InChI=1S/C10H18.CH4/c1-5-7-10(8-6-2)9(3)4;/h5-6,8-10H,1,7H2,2-4H3;1H4/b8-6-;/t10-;/m1./s1. The molecule has 0 saturated heterocycles. The van der Waals surface area contributed by atoms with E-state index in [1.54, 1.807) is 0 Å². The van der Waals surface area contributed by atoms with Gasteiger partial charge in [-0.05, 0) is 25.2 Å². The smallest absolute Gasteiger partial charge is 0.0176 e.